The molecule has 21 heavy (non-hydrogen) atoms. The topological polar surface area (TPSA) is 41.3 Å². The second-order valence-electron chi connectivity index (χ2n) is 7.20. The van der Waals surface area contributed by atoms with E-state index < -0.39 is 0 Å². The lowest BCUT2D eigenvalue weighted by Gasteiger charge is -2.43. The number of nitrogens with two attached hydrogens (primary N) is 1. The Morgan fingerprint density at radius 1 is 1.14 bits per heavy atom. The number of benzene rings is 1. The molecule has 3 N–H and O–H groups in total. The molecule has 0 spiro atoms. The van der Waals surface area contributed by atoms with Gasteiger partial charge in [0, 0.05) is 5.54 Å². The second-order valence-corrected chi connectivity index (χ2v) is 7.20. The molecule has 116 valence electrons. The van der Waals surface area contributed by atoms with Crippen LogP contribution >= 0.6 is 0 Å². The Morgan fingerprint density at radius 3 is 2.38 bits per heavy atom. The highest BCUT2D eigenvalue weighted by Crippen LogP contribution is 2.42. The Bertz CT molecular complexity index is 473. The van der Waals surface area contributed by atoms with Crippen LogP contribution in [0.5, 0.6) is 0 Å². The van der Waals surface area contributed by atoms with Gasteiger partial charge in [0.15, 0.2) is 0 Å². The van der Waals surface area contributed by atoms with Gasteiger partial charge in [0.1, 0.15) is 0 Å². The normalized spacial score (nSPS) is 22.2. The number of likely N-dealkylation sites (tertiary alicyclic amines) is 1. The van der Waals surface area contributed by atoms with Crippen molar-refractivity contribution in [1.29, 1.82) is 0 Å². The van der Waals surface area contributed by atoms with E-state index in [1.54, 1.807) is 0 Å². The Labute approximate surface area is 128 Å². The van der Waals surface area contributed by atoms with Gasteiger partial charge >= 0.3 is 0 Å². The molecule has 1 saturated heterocycles. The van der Waals surface area contributed by atoms with Gasteiger partial charge in [-0.05, 0) is 69.7 Å². The minimum Gasteiger partial charge on any atom is -0.296 e. The van der Waals surface area contributed by atoms with E-state index in [4.69, 9.17) is 5.84 Å². The van der Waals surface area contributed by atoms with Crippen molar-refractivity contribution in [3.8, 4) is 0 Å². The molecule has 2 fully saturated rings. The monoisotopic (exact) mass is 287 g/mol. The first kappa shape index (κ1) is 15.0. The van der Waals surface area contributed by atoms with Crippen molar-refractivity contribution >= 4 is 0 Å². The fourth-order valence-corrected chi connectivity index (χ4v) is 4.02. The van der Waals surface area contributed by atoms with Crippen molar-refractivity contribution in [2.75, 3.05) is 13.1 Å². The van der Waals surface area contributed by atoms with Crippen molar-refractivity contribution in [3.63, 3.8) is 0 Å². The molecule has 3 nitrogen and oxygen atoms in total. The molecular formula is C18H29N3. The Morgan fingerprint density at radius 2 is 1.81 bits per heavy atom. The zero-order valence-corrected chi connectivity index (χ0v) is 13.4. The first-order valence-corrected chi connectivity index (χ1v) is 8.44. The molecule has 1 aliphatic heterocycles. The van der Waals surface area contributed by atoms with E-state index in [0.29, 0.717) is 0 Å². The maximum Gasteiger partial charge on any atom is 0.0641 e. The van der Waals surface area contributed by atoms with Crippen molar-refractivity contribution in [2.24, 2.45) is 5.84 Å². The maximum atomic E-state index is 6.01. The predicted octanol–water partition coefficient (Wildman–Crippen LogP) is 3.33. The number of hydrogen-bond donors (Lipinski definition) is 2. The predicted molar refractivity (Wildman–Crippen MR) is 88.0 cm³/mol. The molecule has 1 aliphatic carbocycles. The summed E-state index contributed by atoms with van der Waals surface area (Å²) in [5.74, 6) is 6.75. The molecule has 3 rings (SSSR count). The van der Waals surface area contributed by atoms with E-state index in [1.165, 1.54) is 56.3 Å². The highest BCUT2D eigenvalue weighted by atomic mass is 15.3. The summed E-state index contributed by atoms with van der Waals surface area (Å²) in [5.41, 5.74) is 6.10. The van der Waals surface area contributed by atoms with Crippen LogP contribution < -0.4 is 11.3 Å². The third-order valence-electron chi connectivity index (χ3n) is 5.65. The lowest BCUT2D eigenvalue weighted by molar-refractivity contribution is 0.106. The standard InChI is InChI=1S/C18H29N3/c1-18(2,21-12-5-6-13-21)17(20-19)16-11-4-3-10-15(16)14-8-7-9-14/h3-4,10-11,14,17,20H,5-9,12-13,19H2,1-2H3. The zero-order chi connectivity index (χ0) is 14.9. The fraction of sp³-hybridized carbons (Fsp3) is 0.667. The minimum atomic E-state index is 0.0467. The molecule has 3 heteroatoms. The van der Waals surface area contributed by atoms with E-state index in [0.717, 1.165) is 5.92 Å². The summed E-state index contributed by atoms with van der Waals surface area (Å²) >= 11 is 0. The van der Waals surface area contributed by atoms with Crippen LogP contribution in [0.3, 0.4) is 0 Å². The van der Waals surface area contributed by atoms with E-state index in [1.807, 2.05) is 0 Å². The van der Waals surface area contributed by atoms with E-state index in [2.05, 4.69) is 48.4 Å². The minimum absolute atomic E-state index is 0.0467. The zero-order valence-electron chi connectivity index (χ0n) is 13.4. The van der Waals surface area contributed by atoms with Crippen molar-refractivity contribution < 1.29 is 0 Å². The molecule has 0 bridgehead atoms. The summed E-state index contributed by atoms with van der Waals surface area (Å²) in [7, 11) is 0. The molecule has 0 radical (unpaired) electrons. The highest BCUT2D eigenvalue weighted by Gasteiger charge is 2.39. The molecule has 1 heterocycles. The van der Waals surface area contributed by atoms with Gasteiger partial charge in [-0.1, -0.05) is 30.7 Å². The average molecular weight is 287 g/mol. The summed E-state index contributed by atoms with van der Waals surface area (Å²) in [6.07, 6.45) is 6.65. The van der Waals surface area contributed by atoms with Gasteiger partial charge in [0.2, 0.25) is 0 Å². The van der Waals surface area contributed by atoms with Gasteiger partial charge in [-0.25, -0.2) is 0 Å². The van der Waals surface area contributed by atoms with Crippen LogP contribution in [0.15, 0.2) is 24.3 Å². The molecule has 1 aromatic carbocycles. The molecule has 1 atom stereocenters. The van der Waals surface area contributed by atoms with Crippen LogP contribution in [0.4, 0.5) is 0 Å². The summed E-state index contributed by atoms with van der Waals surface area (Å²) in [6, 6.07) is 9.10. The van der Waals surface area contributed by atoms with Gasteiger partial charge in [-0.3, -0.25) is 16.2 Å². The van der Waals surface area contributed by atoms with Crippen LogP contribution in [-0.2, 0) is 0 Å². The largest absolute Gasteiger partial charge is 0.296 e. The molecule has 1 aromatic rings. The van der Waals surface area contributed by atoms with Crippen molar-refractivity contribution in [3.05, 3.63) is 35.4 Å². The number of nitrogens with zero attached hydrogens (tertiary/aromatic N) is 1. The third-order valence-corrected chi connectivity index (χ3v) is 5.65. The molecule has 1 saturated carbocycles. The van der Waals surface area contributed by atoms with Crippen LogP contribution in [0.25, 0.3) is 0 Å². The SMILES string of the molecule is CC(C)(C(NN)c1ccccc1C1CCC1)N1CCCC1. The number of hydrazine groups is 1. The average Bonchev–Trinajstić information content (AvgIpc) is 2.94. The summed E-state index contributed by atoms with van der Waals surface area (Å²) < 4.78 is 0. The molecule has 0 amide bonds. The van der Waals surface area contributed by atoms with E-state index in [-0.39, 0.29) is 11.6 Å². The lowest BCUT2D eigenvalue weighted by Crippen LogP contribution is -2.53. The summed E-state index contributed by atoms with van der Waals surface area (Å²) in [6.45, 7) is 7.05. The van der Waals surface area contributed by atoms with Gasteiger partial charge < -0.3 is 0 Å². The quantitative estimate of drug-likeness (QED) is 0.645. The molecular weight excluding hydrogens is 258 g/mol. The lowest BCUT2D eigenvalue weighted by atomic mass is 9.75. The molecule has 1 unspecified atom stereocenters. The summed E-state index contributed by atoms with van der Waals surface area (Å²) in [5, 5.41) is 0. The Balaban J connectivity index is 1.92. The smallest absolute Gasteiger partial charge is 0.0641 e. The number of nitrogens with one attached hydrogen (secondary N) is 1. The van der Waals surface area contributed by atoms with Crippen LogP contribution in [0, 0.1) is 0 Å². The Kier molecular flexibility index (Phi) is 4.34. The second kappa shape index (κ2) is 6.07. The summed E-state index contributed by atoms with van der Waals surface area (Å²) in [4.78, 5) is 2.59. The first-order valence-electron chi connectivity index (χ1n) is 8.44. The Hall–Kier alpha value is -0.900. The van der Waals surface area contributed by atoms with E-state index >= 15 is 0 Å². The van der Waals surface area contributed by atoms with Crippen LogP contribution in [-0.4, -0.2) is 23.5 Å². The van der Waals surface area contributed by atoms with Crippen LogP contribution in [0.1, 0.15) is 69.0 Å². The van der Waals surface area contributed by atoms with Crippen molar-refractivity contribution in [1.82, 2.24) is 10.3 Å². The molecule has 2 aliphatic rings. The van der Waals surface area contributed by atoms with Crippen molar-refractivity contribution in [2.45, 2.75) is 63.5 Å². The van der Waals surface area contributed by atoms with Gasteiger partial charge in [0.25, 0.3) is 0 Å². The maximum absolute atomic E-state index is 6.01. The fourth-order valence-electron chi connectivity index (χ4n) is 4.02. The van der Waals surface area contributed by atoms with Gasteiger partial charge in [-0.2, -0.15) is 0 Å². The van der Waals surface area contributed by atoms with Crippen LogP contribution in [0.2, 0.25) is 0 Å². The van der Waals surface area contributed by atoms with Gasteiger partial charge in [0.05, 0.1) is 6.04 Å². The number of hydrogen-bond acceptors (Lipinski definition) is 3. The number of rotatable bonds is 5. The van der Waals surface area contributed by atoms with Gasteiger partial charge in [-0.15, -0.1) is 0 Å². The molecule has 0 aromatic heterocycles. The van der Waals surface area contributed by atoms with E-state index in [9.17, 15) is 0 Å². The highest BCUT2D eigenvalue weighted by molar-refractivity contribution is 5.36. The third kappa shape index (κ3) is 2.75. The first-order chi connectivity index (χ1) is 10.1.